The number of nitrogens with zero attached hydrogens (tertiary/aromatic N) is 3. The van der Waals surface area contributed by atoms with Gasteiger partial charge in [-0.1, -0.05) is 5.92 Å². The average Bonchev–Trinajstić information content (AvgIpc) is 2.20. The van der Waals surface area contributed by atoms with E-state index in [2.05, 4.69) is 11.0 Å². The second kappa shape index (κ2) is 4.47. The first-order valence-electron chi connectivity index (χ1n) is 4.40. The third kappa shape index (κ3) is 2.13. The molecule has 0 aliphatic rings. The molecule has 0 bridgehead atoms. The number of rotatable bonds is 3. The van der Waals surface area contributed by atoms with Crippen LogP contribution in [0.5, 0.6) is 0 Å². The van der Waals surface area contributed by atoms with Crippen molar-refractivity contribution in [3.05, 3.63) is 22.6 Å². The number of anilines is 1. The minimum atomic E-state index is -0.166. The average molecular weight is 191 g/mol. The zero-order valence-electron chi connectivity index (χ0n) is 8.40. The number of hydrogen-bond acceptors (Lipinski definition) is 3. The van der Waals surface area contributed by atoms with Gasteiger partial charge in [-0.15, -0.1) is 6.42 Å². The van der Waals surface area contributed by atoms with Crippen molar-refractivity contribution in [2.75, 3.05) is 18.5 Å². The minimum absolute atomic E-state index is 0.166. The summed E-state index contributed by atoms with van der Waals surface area (Å²) < 4.78 is 1.26. The van der Waals surface area contributed by atoms with Crippen molar-refractivity contribution < 1.29 is 0 Å². The monoisotopic (exact) mass is 191 g/mol. The van der Waals surface area contributed by atoms with Gasteiger partial charge in [-0.05, 0) is 6.92 Å². The third-order valence-electron chi connectivity index (χ3n) is 2.01. The molecule has 0 aliphatic carbocycles. The summed E-state index contributed by atoms with van der Waals surface area (Å²) in [5.74, 6) is 2.37. The highest BCUT2D eigenvalue weighted by Gasteiger charge is 2.01. The van der Waals surface area contributed by atoms with E-state index in [-0.39, 0.29) is 12.1 Å². The molecule has 1 aromatic rings. The standard InChI is InChI=1S/C10H13N3O/c1-4-6-13-10(14)7-9(8-11-13)12(3)5-2/h1,7-8H,5-6H2,2-3H3. The molecule has 1 aromatic heterocycles. The molecule has 0 aliphatic heterocycles. The molecule has 0 radical (unpaired) electrons. The first-order valence-corrected chi connectivity index (χ1v) is 4.40. The van der Waals surface area contributed by atoms with Gasteiger partial charge < -0.3 is 4.90 Å². The molecule has 4 nitrogen and oxygen atoms in total. The highest BCUT2D eigenvalue weighted by molar-refractivity contribution is 5.41. The van der Waals surface area contributed by atoms with Crippen molar-refractivity contribution in [2.24, 2.45) is 0 Å². The van der Waals surface area contributed by atoms with Crippen LogP contribution in [0, 0.1) is 12.3 Å². The zero-order chi connectivity index (χ0) is 10.6. The van der Waals surface area contributed by atoms with Gasteiger partial charge in [0, 0.05) is 19.7 Å². The highest BCUT2D eigenvalue weighted by atomic mass is 16.1. The molecule has 0 atom stereocenters. The van der Waals surface area contributed by atoms with Gasteiger partial charge in [0.1, 0.15) is 6.54 Å². The van der Waals surface area contributed by atoms with Crippen molar-refractivity contribution in [3.8, 4) is 12.3 Å². The lowest BCUT2D eigenvalue weighted by Crippen LogP contribution is -2.25. The van der Waals surface area contributed by atoms with E-state index in [1.54, 1.807) is 6.20 Å². The van der Waals surface area contributed by atoms with E-state index >= 15 is 0 Å². The van der Waals surface area contributed by atoms with Crippen LogP contribution in [-0.2, 0) is 6.54 Å². The van der Waals surface area contributed by atoms with Gasteiger partial charge in [-0.25, -0.2) is 4.68 Å². The van der Waals surface area contributed by atoms with Crippen molar-refractivity contribution in [1.29, 1.82) is 0 Å². The Morgan fingerprint density at radius 2 is 2.43 bits per heavy atom. The van der Waals surface area contributed by atoms with Gasteiger partial charge >= 0.3 is 0 Å². The van der Waals surface area contributed by atoms with Crippen LogP contribution in [0.2, 0.25) is 0 Å². The molecule has 1 rings (SSSR count). The lowest BCUT2D eigenvalue weighted by atomic mass is 10.4. The molecular formula is C10H13N3O. The number of hydrogen-bond donors (Lipinski definition) is 0. The molecule has 14 heavy (non-hydrogen) atoms. The largest absolute Gasteiger partial charge is 0.373 e. The summed E-state index contributed by atoms with van der Waals surface area (Å²) >= 11 is 0. The molecule has 0 amide bonds. The first-order chi connectivity index (χ1) is 6.69. The van der Waals surface area contributed by atoms with Crippen LogP contribution in [0.15, 0.2) is 17.1 Å². The Balaban J connectivity index is 3.02. The molecule has 0 spiro atoms. The van der Waals surface area contributed by atoms with Gasteiger partial charge in [0.15, 0.2) is 0 Å². The van der Waals surface area contributed by atoms with Crippen LogP contribution in [0.25, 0.3) is 0 Å². The maximum absolute atomic E-state index is 11.4. The second-order valence-corrected chi connectivity index (χ2v) is 2.93. The van der Waals surface area contributed by atoms with Crippen LogP contribution in [0.3, 0.4) is 0 Å². The van der Waals surface area contributed by atoms with Gasteiger partial charge in [-0.3, -0.25) is 4.79 Å². The molecule has 0 N–H and O–H groups in total. The van der Waals surface area contributed by atoms with E-state index in [0.29, 0.717) is 0 Å². The Labute approximate surface area is 83.2 Å². The van der Waals surface area contributed by atoms with E-state index in [4.69, 9.17) is 6.42 Å². The molecule has 0 fully saturated rings. The lowest BCUT2D eigenvalue weighted by molar-refractivity contribution is 0.661. The zero-order valence-corrected chi connectivity index (χ0v) is 8.40. The number of aromatic nitrogens is 2. The molecule has 74 valence electrons. The molecule has 0 unspecified atom stereocenters. The minimum Gasteiger partial charge on any atom is -0.373 e. The number of terminal acetylenes is 1. The summed E-state index contributed by atoms with van der Waals surface area (Å²) in [7, 11) is 1.90. The van der Waals surface area contributed by atoms with Crippen molar-refractivity contribution in [2.45, 2.75) is 13.5 Å². The normalized spacial score (nSPS) is 9.50. The highest BCUT2D eigenvalue weighted by Crippen LogP contribution is 2.05. The van der Waals surface area contributed by atoms with Crippen LogP contribution in [-0.4, -0.2) is 23.4 Å². The third-order valence-corrected chi connectivity index (χ3v) is 2.01. The lowest BCUT2D eigenvalue weighted by Gasteiger charge is -2.15. The smallest absolute Gasteiger partial charge is 0.269 e. The Morgan fingerprint density at radius 3 is 2.93 bits per heavy atom. The van der Waals surface area contributed by atoms with E-state index in [1.807, 2.05) is 18.9 Å². The van der Waals surface area contributed by atoms with Crippen LogP contribution >= 0.6 is 0 Å². The van der Waals surface area contributed by atoms with Crippen LogP contribution in [0.4, 0.5) is 5.69 Å². The molecule has 1 heterocycles. The van der Waals surface area contributed by atoms with E-state index < -0.39 is 0 Å². The van der Waals surface area contributed by atoms with Gasteiger partial charge in [-0.2, -0.15) is 5.10 Å². The van der Waals surface area contributed by atoms with Crippen molar-refractivity contribution >= 4 is 5.69 Å². The van der Waals surface area contributed by atoms with E-state index in [1.165, 1.54) is 10.7 Å². The summed E-state index contributed by atoms with van der Waals surface area (Å²) in [4.78, 5) is 13.4. The maximum atomic E-state index is 11.4. The van der Waals surface area contributed by atoms with Crippen molar-refractivity contribution in [1.82, 2.24) is 9.78 Å². The van der Waals surface area contributed by atoms with Gasteiger partial charge in [0.05, 0.1) is 11.9 Å². The Hall–Kier alpha value is -1.76. The summed E-state index contributed by atoms with van der Waals surface area (Å²) in [6.07, 6.45) is 6.73. The van der Waals surface area contributed by atoms with Crippen molar-refractivity contribution in [3.63, 3.8) is 0 Å². The van der Waals surface area contributed by atoms with Gasteiger partial charge in [0.25, 0.3) is 5.56 Å². The maximum Gasteiger partial charge on any atom is 0.269 e. The van der Waals surface area contributed by atoms with E-state index in [9.17, 15) is 4.79 Å². The summed E-state index contributed by atoms with van der Waals surface area (Å²) in [5, 5.41) is 3.96. The predicted octanol–water partition coefficient (Wildman–Crippen LogP) is 0.333. The quantitative estimate of drug-likeness (QED) is 0.646. The first kappa shape index (κ1) is 10.3. The SMILES string of the molecule is C#CCn1ncc(N(C)CC)cc1=O. The molecular weight excluding hydrogens is 178 g/mol. The summed E-state index contributed by atoms with van der Waals surface area (Å²) in [6.45, 7) is 3.06. The second-order valence-electron chi connectivity index (χ2n) is 2.93. The van der Waals surface area contributed by atoms with Crippen LogP contribution < -0.4 is 10.5 Å². The fourth-order valence-electron chi connectivity index (χ4n) is 1.02. The Morgan fingerprint density at radius 1 is 1.71 bits per heavy atom. The summed E-state index contributed by atoms with van der Waals surface area (Å²) in [5.41, 5.74) is 0.645. The Bertz CT molecular complexity index is 403. The van der Waals surface area contributed by atoms with Gasteiger partial charge in [0.2, 0.25) is 0 Å². The fourth-order valence-corrected chi connectivity index (χ4v) is 1.02. The molecule has 0 aromatic carbocycles. The van der Waals surface area contributed by atoms with Crippen LogP contribution in [0.1, 0.15) is 6.92 Å². The molecule has 0 saturated carbocycles. The summed E-state index contributed by atoms with van der Waals surface area (Å²) in [6, 6.07) is 1.54. The topological polar surface area (TPSA) is 38.1 Å². The fraction of sp³-hybridized carbons (Fsp3) is 0.400. The predicted molar refractivity (Wildman–Crippen MR) is 56.3 cm³/mol. The van der Waals surface area contributed by atoms with E-state index in [0.717, 1.165) is 12.2 Å². The Kier molecular flexibility index (Phi) is 3.29. The molecule has 4 heteroatoms. The molecule has 0 saturated heterocycles.